The summed E-state index contributed by atoms with van der Waals surface area (Å²) in [5.74, 6) is 1.02. The third-order valence-corrected chi connectivity index (χ3v) is 6.17. The molecule has 0 fully saturated rings. The van der Waals surface area contributed by atoms with Crippen molar-refractivity contribution in [2.75, 3.05) is 19.0 Å². The van der Waals surface area contributed by atoms with Crippen molar-refractivity contribution in [2.45, 2.75) is 13.8 Å². The number of hydrogen-bond donors (Lipinski definition) is 1. The summed E-state index contributed by atoms with van der Waals surface area (Å²) in [5, 5.41) is 6.21. The van der Waals surface area contributed by atoms with Crippen LogP contribution in [0.4, 0.5) is 5.69 Å². The Balaban J connectivity index is 1.54. The molecular formula is C31H27NO4. The molecule has 0 atom stereocenters. The SMILES string of the molecule is CCOc1cc2occ(-c3ccc4ccccc4c3)c2cc1/C(C)=C/C(=O)Nc1ccccc1OC. The zero-order valence-electron chi connectivity index (χ0n) is 20.5. The number of ether oxygens (including phenoxy) is 2. The monoisotopic (exact) mass is 477 g/mol. The highest BCUT2D eigenvalue weighted by Crippen LogP contribution is 2.38. The van der Waals surface area contributed by atoms with Gasteiger partial charge in [0.05, 0.1) is 25.7 Å². The number of rotatable bonds is 7. The number of allylic oxidation sites excluding steroid dienone is 1. The fourth-order valence-corrected chi connectivity index (χ4v) is 4.41. The first kappa shape index (κ1) is 23.2. The Morgan fingerprint density at radius 2 is 1.72 bits per heavy atom. The van der Waals surface area contributed by atoms with Crippen LogP contribution in [0, 0.1) is 0 Å². The first-order valence-corrected chi connectivity index (χ1v) is 11.9. The fourth-order valence-electron chi connectivity index (χ4n) is 4.41. The number of fused-ring (bicyclic) bond motifs is 2. The van der Waals surface area contributed by atoms with Crippen LogP contribution < -0.4 is 14.8 Å². The molecule has 36 heavy (non-hydrogen) atoms. The molecule has 1 heterocycles. The van der Waals surface area contributed by atoms with Crippen molar-refractivity contribution in [1.29, 1.82) is 0 Å². The van der Waals surface area contributed by atoms with Gasteiger partial charge in [-0.1, -0.05) is 48.5 Å². The number of amides is 1. The van der Waals surface area contributed by atoms with E-state index in [0.29, 0.717) is 23.8 Å². The average molecular weight is 478 g/mol. The molecule has 5 heteroatoms. The molecule has 0 aliphatic carbocycles. The minimum atomic E-state index is -0.249. The minimum Gasteiger partial charge on any atom is -0.495 e. The smallest absolute Gasteiger partial charge is 0.248 e. The van der Waals surface area contributed by atoms with Gasteiger partial charge in [-0.15, -0.1) is 0 Å². The fraction of sp³-hybridized carbons (Fsp3) is 0.129. The van der Waals surface area contributed by atoms with Crippen molar-refractivity contribution in [3.8, 4) is 22.6 Å². The lowest BCUT2D eigenvalue weighted by Crippen LogP contribution is -2.09. The molecule has 180 valence electrons. The van der Waals surface area contributed by atoms with Crippen LogP contribution >= 0.6 is 0 Å². The average Bonchev–Trinajstić information content (AvgIpc) is 3.31. The summed E-state index contributed by atoms with van der Waals surface area (Å²) in [6, 6.07) is 25.9. The second-order valence-electron chi connectivity index (χ2n) is 8.51. The number of furan rings is 1. The lowest BCUT2D eigenvalue weighted by molar-refractivity contribution is -0.111. The van der Waals surface area contributed by atoms with Crippen molar-refractivity contribution in [3.05, 3.63) is 96.8 Å². The lowest BCUT2D eigenvalue weighted by atomic mass is 9.97. The summed E-state index contributed by atoms with van der Waals surface area (Å²) < 4.78 is 17.2. The first-order valence-electron chi connectivity index (χ1n) is 11.9. The number of para-hydroxylation sites is 2. The topological polar surface area (TPSA) is 60.7 Å². The molecule has 1 amide bonds. The summed E-state index contributed by atoms with van der Waals surface area (Å²) >= 11 is 0. The highest BCUT2D eigenvalue weighted by atomic mass is 16.5. The normalized spacial score (nSPS) is 11.6. The van der Waals surface area contributed by atoms with E-state index in [4.69, 9.17) is 13.9 Å². The third-order valence-electron chi connectivity index (χ3n) is 6.17. The Kier molecular flexibility index (Phi) is 6.46. The lowest BCUT2D eigenvalue weighted by Gasteiger charge is -2.12. The Hall–Kier alpha value is -4.51. The van der Waals surface area contributed by atoms with Gasteiger partial charge in [0.1, 0.15) is 17.1 Å². The Morgan fingerprint density at radius 3 is 2.53 bits per heavy atom. The Labute approximate surface area is 210 Å². The summed E-state index contributed by atoms with van der Waals surface area (Å²) in [4.78, 5) is 12.9. The predicted octanol–water partition coefficient (Wildman–Crippen LogP) is 7.70. The molecule has 5 rings (SSSR count). The summed E-state index contributed by atoms with van der Waals surface area (Å²) in [5.41, 5.74) is 5.02. The van der Waals surface area contributed by atoms with Crippen molar-refractivity contribution in [2.24, 2.45) is 0 Å². The summed E-state index contributed by atoms with van der Waals surface area (Å²) in [7, 11) is 1.58. The number of hydrogen-bond acceptors (Lipinski definition) is 4. The molecule has 0 aliphatic heterocycles. The Morgan fingerprint density at radius 1 is 0.944 bits per heavy atom. The summed E-state index contributed by atoms with van der Waals surface area (Å²) in [6.45, 7) is 4.34. The second kappa shape index (κ2) is 10.0. The molecule has 5 aromatic rings. The molecule has 0 unspecified atom stereocenters. The van der Waals surface area contributed by atoms with Gasteiger partial charge in [-0.05, 0) is 60.0 Å². The number of carbonyl (C=O) groups is 1. The highest BCUT2D eigenvalue weighted by molar-refractivity contribution is 6.06. The molecule has 5 nitrogen and oxygen atoms in total. The highest BCUT2D eigenvalue weighted by Gasteiger charge is 2.16. The van der Waals surface area contributed by atoms with Crippen molar-refractivity contribution >= 4 is 38.9 Å². The second-order valence-corrected chi connectivity index (χ2v) is 8.51. The Bertz CT molecular complexity index is 1600. The number of anilines is 1. The van der Waals surface area contributed by atoms with E-state index in [-0.39, 0.29) is 5.91 Å². The maximum absolute atomic E-state index is 12.9. The zero-order chi connectivity index (χ0) is 25.1. The van der Waals surface area contributed by atoms with E-state index < -0.39 is 0 Å². The van der Waals surface area contributed by atoms with Gasteiger partial charge in [-0.25, -0.2) is 0 Å². The van der Waals surface area contributed by atoms with Gasteiger partial charge in [0, 0.05) is 28.7 Å². The maximum atomic E-state index is 12.9. The quantitative estimate of drug-likeness (QED) is 0.244. The van der Waals surface area contributed by atoms with Crippen LogP contribution in [-0.4, -0.2) is 19.6 Å². The van der Waals surface area contributed by atoms with Crippen molar-refractivity contribution in [3.63, 3.8) is 0 Å². The van der Waals surface area contributed by atoms with Gasteiger partial charge in [0.2, 0.25) is 5.91 Å². The van der Waals surface area contributed by atoms with Gasteiger partial charge in [-0.3, -0.25) is 4.79 Å². The van der Waals surface area contributed by atoms with E-state index in [0.717, 1.165) is 33.2 Å². The molecule has 0 bridgehead atoms. The van der Waals surface area contributed by atoms with Crippen LogP contribution in [-0.2, 0) is 4.79 Å². The zero-order valence-corrected chi connectivity index (χ0v) is 20.5. The number of methoxy groups -OCH3 is 1. The van der Waals surface area contributed by atoms with Gasteiger partial charge in [-0.2, -0.15) is 0 Å². The molecule has 0 spiro atoms. The van der Waals surface area contributed by atoms with Crippen LogP contribution in [0.15, 0.2) is 95.6 Å². The van der Waals surface area contributed by atoms with E-state index in [1.54, 1.807) is 31.6 Å². The van der Waals surface area contributed by atoms with E-state index in [2.05, 4.69) is 35.6 Å². The van der Waals surface area contributed by atoms with Gasteiger partial charge in [0.25, 0.3) is 0 Å². The maximum Gasteiger partial charge on any atom is 0.248 e. The van der Waals surface area contributed by atoms with Crippen LogP contribution in [0.1, 0.15) is 19.4 Å². The van der Waals surface area contributed by atoms with E-state index >= 15 is 0 Å². The first-order chi connectivity index (χ1) is 17.6. The van der Waals surface area contributed by atoms with E-state index in [1.807, 2.05) is 50.2 Å². The van der Waals surface area contributed by atoms with Crippen LogP contribution in [0.2, 0.25) is 0 Å². The molecule has 0 saturated carbocycles. The molecular weight excluding hydrogens is 450 g/mol. The number of benzene rings is 4. The van der Waals surface area contributed by atoms with Crippen LogP contribution in [0.5, 0.6) is 11.5 Å². The van der Waals surface area contributed by atoms with Crippen LogP contribution in [0.25, 0.3) is 38.4 Å². The van der Waals surface area contributed by atoms with Gasteiger partial charge >= 0.3 is 0 Å². The van der Waals surface area contributed by atoms with Crippen molar-refractivity contribution < 1.29 is 18.7 Å². The molecule has 0 radical (unpaired) electrons. The molecule has 0 aliphatic rings. The number of carbonyl (C=O) groups excluding carboxylic acids is 1. The molecule has 1 N–H and O–H groups in total. The standard InChI is InChI=1S/C31H27NO4/c1-4-35-29-18-30-25(26(19-36-30)23-14-13-21-9-5-6-10-22(21)16-23)17-24(29)20(2)15-31(33)32-27-11-7-8-12-28(27)34-3/h5-19H,4H2,1-3H3,(H,32,33)/b20-15+. The minimum absolute atomic E-state index is 0.249. The third kappa shape index (κ3) is 4.56. The van der Waals surface area contributed by atoms with Crippen LogP contribution in [0.3, 0.4) is 0 Å². The predicted molar refractivity (Wildman–Crippen MR) is 146 cm³/mol. The number of nitrogens with one attached hydrogen (secondary N) is 1. The van der Waals surface area contributed by atoms with E-state index in [1.165, 1.54) is 10.8 Å². The van der Waals surface area contributed by atoms with Gasteiger partial charge < -0.3 is 19.2 Å². The van der Waals surface area contributed by atoms with E-state index in [9.17, 15) is 4.79 Å². The summed E-state index contributed by atoms with van der Waals surface area (Å²) in [6.07, 6.45) is 3.35. The molecule has 1 aromatic heterocycles. The van der Waals surface area contributed by atoms with Gasteiger partial charge in [0.15, 0.2) is 0 Å². The largest absolute Gasteiger partial charge is 0.495 e. The van der Waals surface area contributed by atoms with Crippen molar-refractivity contribution in [1.82, 2.24) is 0 Å². The molecule has 0 saturated heterocycles. The molecule has 4 aromatic carbocycles.